The standard InChI is InChI=1S/C13H22N2O5/c1-14(8-3-4-12(18)20-2)13(19)15(10-5-6-10)9-7-11(16)17/h10H,3-9H2,1-2H3,(H,16,17). The second-order valence-electron chi connectivity index (χ2n) is 4.95. The van der Waals surface area contributed by atoms with Gasteiger partial charge < -0.3 is 19.6 Å². The molecule has 0 unspecified atom stereocenters. The SMILES string of the molecule is COC(=O)CCCN(C)C(=O)N(CCC(=O)O)C1CC1. The summed E-state index contributed by atoms with van der Waals surface area (Å²) in [7, 11) is 2.99. The lowest BCUT2D eigenvalue weighted by atomic mass is 10.3. The fraction of sp³-hybridized carbons (Fsp3) is 0.769. The first-order valence-electron chi connectivity index (χ1n) is 6.76. The van der Waals surface area contributed by atoms with Crippen LogP contribution in [0.25, 0.3) is 0 Å². The average Bonchev–Trinajstić information content (AvgIpc) is 3.22. The Morgan fingerprint density at radius 3 is 2.35 bits per heavy atom. The first-order valence-corrected chi connectivity index (χ1v) is 6.76. The Morgan fingerprint density at radius 1 is 1.20 bits per heavy atom. The smallest absolute Gasteiger partial charge is 0.320 e. The van der Waals surface area contributed by atoms with Crippen LogP contribution in [-0.4, -0.2) is 66.2 Å². The summed E-state index contributed by atoms with van der Waals surface area (Å²) in [5.74, 6) is -1.20. The van der Waals surface area contributed by atoms with Gasteiger partial charge in [0.1, 0.15) is 0 Å². The second-order valence-corrected chi connectivity index (χ2v) is 4.95. The summed E-state index contributed by atoms with van der Waals surface area (Å²) < 4.78 is 4.54. The topological polar surface area (TPSA) is 87.2 Å². The van der Waals surface area contributed by atoms with E-state index in [1.807, 2.05) is 0 Å². The molecule has 0 atom stereocenters. The Balaban J connectivity index is 2.39. The second kappa shape index (κ2) is 7.72. The summed E-state index contributed by atoms with van der Waals surface area (Å²) in [6.45, 7) is 0.685. The van der Waals surface area contributed by atoms with Gasteiger partial charge in [-0.05, 0) is 19.3 Å². The maximum absolute atomic E-state index is 12.2. The van der Waals surface area contributed by atoms with Crippen LogP contribution in [0.3, 0.4) is 0 Å². The monoisotopic (exact) mass is 286 g/mol. The molecule has 0 aromatic carbocycles. The van der Waals surface area contributed by atoms with E-state index in [9.17, 15) is 14.4 Å². The van der Waals surface area contributed by atoms with Crippen molar-refractivity contribution in [2.75, 3.05) is 27.2 Å². The lowest BCUT2D eigenvalue weighted by molar-refractivity contribution is -0.141. The minimum absolute atomic E-state index is 0.0434. The summed E-state index contributed by atoms with van der Waals surface area (Å²) in [4.78, 5) is 37.0. The maximum atomic E-state index is 12.2. The molecule has 1 N–H and O–H groups in total. The molecular formula is C13H22N2O5. The number of rotatable bonds is 8. The normalized spacial score (nSPS) is 13.7. The fourth-order valence-electron chi connectivity index (χ4n) is 1.91. The third kappa shape index (κ3) is 5.46. The molecule has 0 heterocycles. The van der Waals surface area contributed by atoms with E-state index in [0.29, 0.717) is 13.0 Å². The van der Waals surface area contributed by atoms with Crippen LogP contribution in [0.15, 0.2) is 0 Å². The Morgan fingerprint density at radius 2 is 1.85 bits per heavy atom. The molecule has 2 amide bonds. The number of urea groups is 1. The van der Waals surface area contributed by atoms with Crippen LogP contribution in [0.5, 0.6) is 0 Å². The van der Waals surface area contributed by atoms with Gasteiger partial charge >= 0.3 is 18.0 Å². The zero-order valence-corrected chi connectivity index (χ0v) is 12.0. The van der Waals surface area contributed by atoms with Gasteiger partial charge in [-0.1, -0.05) is 0 Å². The molecular weight excluding hydrogens is 264 g/mol. The number of carboxylic acids is 1. The predicted molar refractivity (Wildman–Crippen MR) is 71.3 cm³/mol. The van der Waals surface area contributed by atoms with Crippen LogP contribution in [-0.2, 0) is 14.3 Å². The average molecular weight is 286 g/mol. The van der Waals surface area contributed by atoms with E-state index >= 15 is 0 Å². The fourth-order valence-corrected chi connectivity index (χ4v) is 1.91. The highest BCUT2D eigenvalue weighted by Crippen LogP contribution is 2.27. The molecule has 0 radical (unpaired) electrons. The van der Waals surface area contributed by atoms with E-state index < -0.39 is 5.97 Å². The minimum Gasteiger partial charge on any atom is -0.481 e. The molecule has 1 saturated carbocycles. The van der Waals surface area contributed by atoms with Crippen LogP contribution >= 0.6 is 0 Å². The van der Waals surface area contributed by atoms with Crippen LogP contribution in [0.1, 0.15) is 32.1 Å². The molecule has 0 bridgehead atoms. The van der Waals surface area contributed by atoms with Gasteiger partial charge in [-0.2, -0.15) is 0 Å². The predicted octanol–water partition coefficient (Wildman–Crippen LogP) is 0.930. The van der Waals surface area contributed by atoms with Crippen molar-refractivity contribution in [2.45, 2.75) is 38.1 Å². The van der Waals surface area contributed by atoms with Gasteiger partial charge in [0.2, 0.25) is 0 Å². The van der Waals surface area contributed by atoms with E-state index in [1.165, 1.54) is 12.0 Å². The van der Waals surface area contributed by atoms with Crippen molar-refractivity contribution in [3.8, 4) is 0 Å². The van der Waals surface area contributed by atoms with Gasteiger partial charge in [-0.3, -0.25) is 9.59 Å². The zero-order chi connectivity index (χ0) is 15.1. The van der Waals surface area contributed by atoms with Gasteiger partial charge in [0.15, 0.2) is 0 Å². The number of carbonyl (C=O) groups excluding carboxylic acids is 2. The van der Waals surface area contributed by atoms with Crippen LogP contribution in [0.4, 0.5) is 4.79 Å². The summed E-state index contributed by atoms with van der Waals surface area (Å²) >= 11 is 0. The highest BCUT2D eigenvalue weighted by molar-refractivity contribution is 5.76. The van der Waals surface area contributed by atoms with E-state index in [1.54, 1.807) is 11.9 Å². The summed E-state index contributed by atoms with van der Waals surface area (Å²) in [6, 6.07) is 0.00326. The van der Waals surface area contributed by atoms with Crippen molar-refractivity contribution in [3.05, 3.63) is 0 Å². The van der Waals surface area contributed by atoms with Gasteiger partial charge in [-0.15, -0.1) is 0 Å². The van der Waals surface area contributed by atoms with Crippen molar-refractivity contribution < 1.29 is 24.2 Å². The first kappa shape index (κ1) is 16.3. The number of hydrogen-bond acceptors (Lipinski definition) is 4. The summed E-state index contributed by atoms with van der Waals surface area (Å²) in [5, 5.41) is 8.71. The Bertz CT molecular complexity index is 368. The van der Waals surface area contributed by atoms with Gasteiger partial charge in [-0.25, -0.2) is 4.79 Å². The van der Waals surface area contributed by atoms with E-state index in [-0.39, 0.29) is 37.4 Å². The molecule has 1 aliphatic carbocycles. The molecule has 1 aliphatic rings. The van der Waals surface area contributed by atoms with Crippen molar-refractivity contribution in [1.29, 1.82) is 0 Å². The minimum atomic E-state index is -0.906. The number of carboxylic acid groups (broad SMARTS) is 1. The molecule has 1 fully saturated rings. The molecule has 7 nitrogen and oxygen atoms in total. The molecule has 7 heteroatoms. The molecule has 0 aromatic heterocycles. The van der Waals surface area contributed by atoms with Crippen molar-refractivity contribution >= 4 is 18.0 Å². The number of esters is 1. The first-order chi connectivity index (χ1) is 9.45. The number of aliphatic carboxylic acids is 1. The Hall–Kier alpha value is -1.79. The molecule has 0 saturated heterocycles. The largest absolute Gasteiger partial charge is 0.481 e. The lowest BCUT2D eigenvalue weighted by Gasteiger charge is -2.27. The van der Waals surface area contributed by atoms with Crippen LogP contribution < -0.4 is 0 Å². The van der Waals surface area contributed by atoms with Crippen molar-refractivity contribution in [1.82, 2.24) is 9.80 Å². The maximum Gasteiger partial charge on any atom is 0.320 e. The zero-order valence-electron chi connectivity index (χ0n) is 12.0. The summed E-state index contributed by atoms with van der Waals surface area (Å²) in [5.41, 5.74) is 0. The van der Waals surface area contributed by atoms with Gasteiger partial charge in [0, 0.05) is 32.6 Å². The lowest BCUT2D eigenvalue weighted by Crippen LogP contribution is -2.43. The molecule has 1 rings (SSSR count). The molecule has 114 valence electrons. The van der Waals surface area contributed by atoms with Crippen LogP contribution in [0.2, 0.25) is 0 Å². The van der Waals surface area contributed by atoms with E-state index in [0.717, 1.165) is 12.8 Å². The Kier molecular flexibility index (Phi) is 6.27. The molecule has 0 aliphatic heterocycles. The third-order valence-corrected chi connectivity index (χ3v) is 3.23. The number of amides is 2. The Labute approximate surface area is 118 Å². The number of hydrogen-bond donors (Lipinski definition) is 1. The number of carbonyl (C=O) groups is 3. The third-order valence-electron chi connectivity index (χ3n) is 3.23. The van der Waals surface area contributed by atoms with Crippen molar-refractivity contribution in [3.63, 3.8) is 0 Å². The van der Waals surface area contributed by atoms with Gasteiger partial charge in [0.05, 0.1) is 13.5 Å². The van der Waals surface area contributed by atoms with Gasteiger partial charge in [0.25, 0.3) is 0 Å². The molecule has 20 heavy (non-hydrogen) atoms. The number of ether oxygens (including phenoxy) is 1. The highest BCUT2D eigenvalue weighted by Gasteiger charge is 2.34. The summed E-state index contributed by atoms with van der Waals surface area (Å²) in [6.07, 6.45) is 2.62. The van der Waals surface area contributed by atoms with E-state index in [4.69, 9.17) is 5.11 Å². The van der Waals surface area contributed by atoms with E-state index in [2.05, 4.69) is 4.74 Å². The van der Waals surface area contributed by atoms with Crippen LogP contribution in [0, 0.1) is 0 Å². The highest BCUT2D eigenvalue weighted by atomic mass is 16.5. The quantitative estimate of drug-likeness (QED) is 0.671. The van der Waals surface area contributed by atoms with Crippen molar-refractivity contribution in [2.24, 2.45) is 0 Å². The molecule has 0 aromatic rings. The number of nitrogens with zero attached hydrogens (tertiary/aromatic N) is 2. The number of methoxy groups -OCH3 is 1. The molecule has 0 spiro atoms.